The maximum Gasteiger partial charge on any atom is 0.211 e. The van der Waals surface area contributed by atoms with Crippen LogP contribution in [0.2, 0.25) is 0 Å². The van der Waals surface area contributed by atoms with E-state index in [2.05, 4.69) is 0 Å². The van der Waals surface area contributed by atoms with Crippen LogP contribution in [0.3, 0.4) is 0 Å². The lowest BCUT2D eigenvalue weighted by Crippen LogP contribution is -1.93. The van der Waals surface area contributed by atoms with Gasteiger partial charge in [0.05, 0.1) is 5.56 Å². The molecule has 0 heterocycles. The third kappa shape index (κ3) is 4.59. The number of hydrogen-bond acceptors (Lipinski definition) is 11. The molecule has 4 aromatic rings. The van der Waals surface area contributed by atoms with Gasteiger partial charge < -0.3 is 55.4 Å². The third-order valence-corrected chi connectivity index (χ3v) is 4.75. The smallest absolute Gasteiger partial charge is 0.211 e. The highest BCUT2D eigenvalue weighted by Gasteiger charge is 2.21. The first-order chi connectivity index (χ1) is 16.5. The van der Waals surface area contributed by atoms with Gasteiger partial charge >= 0.3 is 0 Å². The van der Waals surface area contributed by atoms with Gasteiger partial charge in [0.2, 0.25) is 11.5 Å². The predicted octanol–water partition coefficient (Wildman–Crippen LogP) is 4.29. The Morgan fingerprint density at radius 3 is 1.43 bits per heavy atom. The van der Waals surface area contributed by atoms with Gasteiger partial charge in [-0.25, -0.2) is 0 Å². The number of phenols is 9. The van der Waals surface area contributed by atoms with Crippen LogP contribution in [0.4, 0.5) is 0 Å². The van der Waals surface area contributed by atoms with Crippen molar-refractivity contribution < 1.29 is 55.4 Å². The predicted molar refractivity (Wildman–Crippen MR) is 120 cm³/mol. The number of phenolic OH excluding ortho intramolecular Hbond substituents is 9. The van der Waals surface area contributed by atoms with Gasteiger partial charge in [-0.1, -0.05) is 0 Å². The molecule has 0 saturated heterocycles. The second kappa shape index (κ2) is 8.56. The summed E-state index contributed by atoms with van der Waals surface area (Å²) in [4.78, 5) is 0. The van der Waals surface area contributed by atoms with Crippen LogP contribution in [0.1, 0.15) is 0 Å². The Bertz CT molecular complexity index is 1400. The van der Waals surface area contributed by atoms with Crippen molar-refractivity contribution in [3.63, 3.8) is 0 Å². The van der Waals surface area contributed by atoms with Crippen LogP contribution >= 0.6 is 0 Å². The molecule has 0 radical (unpaired) electrons. The molecule has 0 bridgehead atoms. The van der Waals surface area contributed by atoms with Crippen LogP contribution < -0.4 is 9.47 Å². The molecule has 0 amide bonds. The summed E-state index contributed by atoms with van der Waals surface area (Å²) in [7, 11) is 0. The number of hydrogen-bond donors (Lipinski definition) is 9. The van der Waals surface area contributed by atoms with Crippen LogP contribution in [0.5, 0.6) is 74.7 Å². The molecule has 35 heavy (non-hydrogen) atoms. The maximum absolute atomic E-state index is 10.4. The molecule has 0 aliphatic carbocycles. The second-order valence-electron chi connectivity index (χ2n) is 7.38. The van der Waals surface area contributed by atoms with Crippen molar-refractivity contribution in [2.24, 2.45) is 0 Å². The van der Waals surface area contributed by atoms with Crippen LogP contribution in [-0.4, -0.2) is 46.0 Å². The van der Waals surface area contributed by atoms with E-state index in [1.54, 1.807) is 0 Å². The van der Waals surface area contributed by atoms with Gasteiger partial charge in [-0.15, -0.1) is 0 Å². The highest BCUT2D eigenvalue weighted by atomic mass is 16.5. The minimum atomic E-state index is -0.658. The topological polar surface area (TPSA) is 201 Å². The lowest BCUT2D eigenvalue weighted by atomic mass is 10.0. The molecule has 0 aromatic heterocycles. The van der Waals surface area contributed by atoms with Crippen molar-refractivity contribution in [2.45, 2.75) is 0 Å². The van der Waals surface area contributed by atoms with Crippen LogP contribution in [-0.2, 0) is 0 Å². The maximum atomic E-state index is 10.4. The number of rotatable bonds is 5. The van der Waals surface area contributed by atoms with Crippen molar-refractivity contribution in [3.8, 4) is 85.9 Å². The summed E-state index contributed by atoms with van der Waals surface area (Å²) in [6.07, 6.45) is 0. The summed E-state index contributed by atoms with van der Waals surface area (Å²) in [6.45, 7) is 0. The first-order valence-corrected chi connectivity index (χ1v) is 9.78. The largest absolute Gasteiger partial charge is 0.508 e. The average molecular weight is 482 g/mol. The van der Waals surface area contributed by atoms with E-state index in [0.29, 0.717) is 0 Å². The summed E-state index contributed by atoms with van der Waals surface area (Å²) in [5.74, 6) is -6.02. The van der Waals surface area contributed by atoms with E-state index in [-0.39, 0.29) is 28.4 Å². The fourth-order valence-corrected chi connectivity index (χ4v) is 3.35. The van der Waals surface area contributed by atoms with E-state index in [9.17, 15) is 46.0 Å². The zero-order valence-electron chi connectivity index (χ0n) is 17.5. The zero-order valence-corrected chi connectivity index (χ0v) is 17.5. The Morgan fingerprint density at radius 1 is 0.400 bits per heavy atom. The van der Waals surface area contributed by atoms with E-state index in [4.69, 9.17) is 9.47 Å². The first kappa shape index (κ1) is 22.9. The lowest BCUT2D eigenvalue weighted by molar-refractivity contribution is 0.344. The summed E-state index contributed by atoms with van der Waals surface area (Å²) in [5, 5.41) is 89.8. The van der Waals surface area contributed by atoms with Gasteiger partial charge in [0.15, 0.2) is 23.0 Å². The fourth-order valence-electron chi connectivity index (χ4n) is 3.35. The highest BCUT2D eigenvalue weighted by molar-refractivity contribution is 5.79. The van der Waals surface area contributed by atoms with E-state index in [1.165, 1.54) is 12.1 Å². The molecule has 4 aromatic carbocycles. The van der Waals surface area contributed by atoms with Gasteiger partial charge in [-0.05, 0) is 17.7 Å². The van der Waals surface area contributed by atoms with Gasteiger partial charge in [0.25, 0.3) is 0 Å². The minimum Gasteiger partial charge on any atom is -0.508 e. The van der Waals surface area contributed by atoms with Crippen molar-refractivity contribution in [3.05, 3.63) is 54.6 Å². The quantitative estimate of drug-likeness (QED) is 0.196. The van der Waals surface area contributed by atoms with Crippen LogP contribution in [0.15, 0.2) is 54.6 Å². The first-order valence-electron chi connectivity index (χ1n) is 9.78. The molecule has 4 rings (SSSR count). The monoisotopic (exact) mass is 482 g/mol. The molecule has 0 spiro atoms. The SMILES string of the molecule is Oc1cc(Oc2c(O)cc(O)cc2Oc2c(O)cc(O)cc2O)cc(-c2c(O)cc(O)cc2O)c1. The Hall–Kier alpha value is -5.32. The number of benzene rings is 4. The Balaban J connectivity index is 1.78. The molecular weight excluding hydrogens is 464 g/mol. The molecular formula is C24H18O11. The van der Waals surface area contributed by atoms with E-state index < -0.39 is 57.5 Å². The standard InChI is InChI=1S/C24H18O11/c25-11-1-10(22-16(29)4-12(26)5-17(22)30)2-15(3-11)34-24-20(33)8-14(28)9-21(24)35-23-18(31)6-13(27)7-19(23)32/h1-9,25-33H. The summed E-state index contributed by atoms with van der Waals surface area (Å²) in [5.41, 5.74) is -0.0570. The van der Waals surface area contributed by atoms with Crippen LogP contribution in [0.25, 0.3) is 11.1 Å². The van der Waals surface area contributed by atoms with Gasteiger partial charge in [0.1, 0.15) is 40.2 Å². The number of aromatic hydroxyl groups is 9. The van der Waals surface area contributed by atoms with Gasteiger partial charge in [-0.3, -0.25) is 0 Å². The van der Waals surface area contributed by atoms with Crippen molar-refractivity contribution in [1.29, 1.82) is 0 Å². The molecule has 0 aliphatic rings. The van der Waals surface area contributed by atoms with E-state index in [0.717, 1.165) is 42.5 Å². The molecule has 11 heteroatoms. The van der Waals surface area contributed by atoms with Gasteiger partial charge in [0, 0.05) is 42.5 Å². The molecule has 9 N–H and O–H groups in total. The second-order valence-corrected chi connectivity index (χ2v) is 7.38. The van der Waals surface area contributed by atoms with Gasteiger partial charge in [-0.2, -0.15) is 0 Å². The molecule has 11 nitrogen and oxygen atoms in total. The normalized spacial score (nSPS) is 10.7. The molecule has 0 atom stereocenters. The van der Waals surface area contributed by atoms with Crippen molar-refractivity contribution >= 4 is 0 Å². The lowest BCUT2D eigenvalue weighted by Gasteiger charge is -2.16. The molecule has 0 aliphatic heterocycles. The van der Waals surface area contributed by atoms with Crippen molar-refractivity contribution in [2.75, 3.05) is 0 Å². The minimum absolute atomic E-state index is 0.0737. The highest BCUT2D eigenvalue weighted by Crippen LogP contribution is 2.50. The summed E-state index contributed by atoms with van der Waals surface area (Å²) < 4.78 is 11.1. The zero-order chi connectivity index (χ0) is 25.4. The molecule has 0 saturated carbocycles. The van der Waals surface area contributed by atoms with E-state index >= 15 is 0 Å². The number of ether oxygens (including phenoxy) is 2. The van der Waals surface area contributed by atoms with Crippen LogP contribution in [0, 0.1) is 0 Å². The Morgan fingerprint density at radius 2 is 0.857 bits per heavy atom. The summed E-state index contributed by atoms with van der Waals surface area (Å²) >= 11 is 0. The van der Waals surface area contributed by atoms with E-state index in [1.807, 2.05) is 0 Å². The average Bonchev–Trinajstić information content (AvgIpc) is 2.72. The Labute approximate surface area is 196 Å². The van der Waals surface area contributed by atoms with Crippen molar-refractivity contribution in [1.82, 2.24) is 0 Å². The third-order valence-electron chi connectivity index (χ3n) is 4.75. The summed E-state index contributed by atoms with van der Waals surface area (Å²) in [6, 6.07) is 9.25. The Kier molecular flexibility index (Phi) is 5.59. The molecule has 180 valence electrons. The fraction of sp³-hybridized carbons (Fsp3) is 0. The molecule has 0 unspecified atom stereocenters. The molecule has 0 fully saturated rings.